The lowest BCUT2D eigenvalue weighted by Gasteiger charge is -2.17. The standard InChI is InChI=1S/C28H24ClN3O/c1-18-8-10-20(11-9-18)25(17-23-15-13-21-12-14-22(29)16-26(21)30-23)27-19(2)31-32(28(27)33)24-6-4-3-5-7-24/h3-16,25,31H,17H2,1-2H3. The fraction of sp³-hybridized carbons (Fsp3) is 0.143. The summed E-state index contributed by atoms with van der Waals surface area (Å²) in [6.45, 7) is 4.03. The fourth-order valence-corrected chi connectivity index (χ4v) is 4.54. The summed E-state index contributed by atoms with van der Waals surface area (Å²) in [5.74, 6) is -0.136. The Balaban J connectivity index is 1.63. The van der Waals surface area contributed by atoms with E-state index < -0.39 is 0 Å². The summed E-state index contributed by atoms with van der Waals surface area (Å²) in [6, 6.07) is 27.9. The lowest BCUT2D eigenvalue weighted by atomic mass is 9.87. The van der Waals surface area contributed by atoms with E-state index in [4.69, 9.17) is 16.6 Å². The molecule has 33 heavy (non-hydrogen) atoms. The maximum absolute atomic E-state index is 13.6. The normalized spacial score (nSPS) is 12.2. The quantitative estimate of drug-likeness (QED) is 0.336. The van der Waals surface area contributed by atoms with Crippen molar-refractivity contribution in [1.29, 1.82) is 0 Å². The van der Waals surface area contributed by atoms with Crippen molar-refractivity contribution in [2.45, 2.75) is 26.2 Å². The van der Waals surface area contributed by atoms with Gasteiger partial charge in [0.05, 0.1) is 11.2 Å². The van der Waals surface area contributed by atoms with Gasteiger partial charge in [-0.3, -0.25) is 14.9 Å². The molecule has 0 saturated carbocycles. The van der Waals surface area contributed by atoms with Crippen LogP contribution >= 0.6 is 11.6 Å². The van der Waals surface area contributed by atoms with Crippen LogP contribution in [0.2, 0.25) is 5.02 Å². The number of pyridine rings is 1. The highest BCUT2D eigenvalue weighted by Crippen LogP contribution is 2.29. The van der Waals surface area contributed by atoms with E-state index in [-0.39, 0.29) is 11.5 Å². The van der Waals surface area contributed by atoms with E-state index in [2.05, 4.69) is 42.4 Å². The Bertz CT molecular complexity index is 1480. The van der Waals surface area contributed by atoms with E-state index >= 15 is 0 Å². The number of aryl methyl sites for hydroxylation is 2. The monoisotopic (exact) mass is 453 g/mol. The Morgan fingerprint density at radius 3 is 2.42 bits per heavy atom. The number of rotatable bonds is 5. The van der Waals surface area contributed by atoms with Gasteiger partial charge in [0.1, 0.15) is 0 Å². The van der Waals surface area contributed by atoms with E-state index in [0.717, 1.165) is 39.1 Å². The molecule has 4 nitrogen and oxygen atoms in total. The largest absolute Gasteiger partial charge is 0.295 e. The van der Waals surface area contributed by atoms with Gasteiger partial charge in [-0.1, -0.05) is 71.8 Å². The first kappa shape index (κ1) is 21.2. The van der Waals surface area contributed by atoms with Gasteiger partial charge in [-0.2, -0.15) is 0 Å². The zero-order valence-electron chi connectivity index (χ0n) is 18.5. The number of nitrogens with zero attached hydrogens (tertiary/aromatic N) is 2. The van der Waals surface area contributed by atoms with E-state index in [9.17, 15) is 4.79 Å². The molecule has 1 unspecified atom stereocenters. The highest BCUT2D eigenvalue weighted by Gasteiger charge is 2.24. The van der Waals surface area contributed by atoms with Crippen LogP contribution in [0.15, 0.2) is 89.7 Å². The van der Waals surface area contributed by atoms with E-state index in [1.807, 2.05) is 61.5 Å². The van der Waals surface area contributed by atoms with Crippen LogP contribution in [-0.4, -0.2) is 14.8 Å². The lowest BCUT2D eigenvalue weighted by molar-refractivity contribution is 0.771. The van der Waals surface area contributed by atoms with Gasteiger partial charge in [0.2, 0.25) is 0 Å². The van der Waals surface area contributed by atoms with Gasteiger partial charge < -0.3 is 0 Å². The van der Waals surface area contributed by atoms with Crippen molar-refractivity contribution in [3.63, 3.8) is 0 Å². The minimum Gasteiger partial charge on any atom is -0.295 e. The van der Waals surface area contributed by atoms with Gasteiger partial charge in [0.25, 0.3) is 5.56 Å². The predicted molar refractivity (Wildman–Crippen MR) is 135 cm³/mol. The van der Waals surface area contributed by atoms with E-state index in [1.165, 1.54) is 5.56 Å². The molecule has 0 amide bonds. The molecule has 0 fully saturated rings. The van der Waals surface area contributed by atoms with Crippen LogP contribution in [0.1, 0.15) is 34.0 Å². The zero-order valence-corrected chi connectivity index (χ0v) is 19.3. The molecule has 2 heterocycles. The molecule has 0 spiro atoms. The number of benzene rings is 3. The summed E-state index contributed by atoms with van der Waals surface area (Å²) in [5.41, 5.74) is 6.45. The smallest absolute Gasteiger partial charge is 0.275 e. The van der Waals surface area contributed by atoms with Crippen molar-refractivity contribution in [2.24, 2.45) is 0 Å². The third-order valence-corrected chi connectivity index (χ3v) is 6.32. The zero-order chi connectivity index (χ0) is 22.9. The molecule has 0 aliphatic carbocycles. The SMILES string of the molecule is Cc1ccc(C(Cc2ccc3ccc(Cl)cc3n2)c2c(C)[nH]n(-c3ccccc3)c2=O)cc1. The van der Waals surface area contributed by atoms with Crippen LogP contribution in [0.3, 0.4) is 0 Å². The maximum Gasteiger partial charge on any atom is 0.275 e. The van der Waals surface area contributed by atoms with Gasteiger partial charge >= 0.3 is 0 Å². The summed E-state index contributed by atoms with van der Waals surface area (Å²) in [5, 5.41) is 4.98. The third kappa shape index (κ3) is 4.22. The molecule has 1 atom stereocenters. The van der Waals surface area contributed by atoms with Crippen molar-refractivity contribution in [2.75, 3.05) is 0 Å². The number of halogens is 1. The molecule has 164 valence electrons. The predicted octanol–water partition coefficient (Wildman–Crippen LogP) is 6.36. The first-order valence-corrected chi connectivity index (χ1v) is 11.4. The van der Waals surface area contributed by atoms with E-state index in [0.29, 0.717) is 11.4 Å². The Kier molecular flexibility index (Phi) is 5.61. The number of aromatic amines is 1. The minimum absolute atomic E-state index is 0.0342. The minimum atomic E-state index is -0.136. The van der Waals surface area contributed by atoms with Crippen molar-refractivity contribution in [3.05, 3.63) is 128 Å². The molecule has 0 aliphatic heterocycles. The number of para-hydroxylation sites is 1. The van der Waals surface area contributed by atoms with Crippen molar-refractivity contribution in [1.82, 2.24) is 14.8 Å². The van der Waals surface area contributed by atoms with Gasteiger partial charge in [-0.25, -0.2) is 4.68 Å². The molecular weight excluding hydrogens is 430 g/mol. The van der Waals surface area contributed by atoms with Gasteiger partial charge in [0.15, 0.2) is 0 Å². The number of H-pyrrole nitrogens is 1. The number of hydrogen-bond acceptors (Lipinski definition) is 2. The van der Waals surface area contributed by atoms with Crippen LogP contribution in [0.5, 0.6) is 0 Å². The Labute approximate surface area is 197 Å². The molecule has 0 bridgehead atoms. The summed E-state index contributed by atoms with van der Waals surface area (Å²) >= 11 is 6.20. The summed E-state index contributed by atoms with van der Waals surface area (Å²) < 4.78 is 1.62. The first-order chi connectivity index (χ1) is 16.0. The van der Waals surface area contributed by atoms with Gasteiger partial charge in [-0.05, 0) is 49.7 Å². The second-order valence-corrected chi connectivity index (χ2v) is 8.87. The topological polar surface area (TPSA) is 50.7 Å². The summed E-state index contributed by atoms with van der Waals surface area (Å²) in [4.78, 5) is 18.5. The highest BCUT2D eigenvalue weighted by atomic mass is 35.5. The first-order valence-electron chi connectivity index (χ1n) is 11.0. The lowest BCUT2D eigenvalue weighted by Crippen LogP contribution is -2.21. The molecule has 2 aromatic heterocycles. The molecule has 5 rings (SSSR count). The highest BCUT2D eigenvalue weighted by molar-refractivity contribution is 6.31. The molecule has 0 radical (unpaired) electrons. The summed E-state index contributed by atoms with van der Waals surface area (Å²) in [7, 11) is 0. The molecule has 0 saturated heterocycles. The average Bonchev–Trinajstić information content (AvgIpc) is 3.12. The molecule has 3 aromatic carbocycles. The number of nitrogens with one attached hydrogen (secondary N) is 1. The second-order valence-electron chi connectivity index (χ2n) is 8.43. The molecular formula is C28H24ClN3O. The average molecular weight is 454 g/mol. The molecule has 5 heteroatoms. The van der Waals surface area contributed by atoms with Crippen LogP contribution in [0.4, 0.5) is 0 Å². The molecule has 0 aliphatic rings. The van der Waals surface area contributed by atoms with Crippen molar-refractivity contribution in [3.8, 4) is 5.69 Å². The van der Waals surface area contributed by atoms with Crippen LogP contribution in [0, 0.1) is 13.8 Å². The maximum atomic E-state index is 13.6. The van der Waals surface area contributed by atoms with E-state index in [1.54, 1.807) is 4.68 Å². The van der Waals surface area contributed by atoms with Crippen molar-refractivity contribution >= 4 is 22.5 Å². The van der Waals surface area contributed by atoms with Crippen LogP contribution in [0.25, 0.3) is 16.6 Å². The fourth-order valence-electron chi connectivity index (χ4n) is 4.37. The Morgan fingerprint density at radius 2 is 1.67 bits per heavy atom. The Morgan fingerprint density at radius 1 is 0.939 bits per heavy atom. The number of aromatic nitrogens is 3. The van der Waals surface area contributed by atoms with Crippen molar-refractivity contribution < 1.29 is 0 Å². The third-order valence-electron chi connectivity index (χ3n) is 6.08. The Hall–Kier alpha value is -3.63. The van der Waals surface area contributed by atoms with Crippen LogP contribution in [-0.2, 0) is 6.42 Å². The second kappa shape index (κ2) is 8.72. The summed E-state index contributed by atoms with van der Waals surface area (Å²) in [6.07, 6.45) is 0.605. The van der Waals surface area contributed by atoms with Gasteiger partial charge in [-0.15, -0.1) is 0 Å². The molecule has 1 N–H and O–H groups in total. The van der Waals surface area contributed by atoms with Crippen LogP contribution < -0.4 is 5.56 Å². The van der Waals surface area contributed by atoms with Gasteiger partial charge in [0, 0.05) is 39.7 Å². The number of fused-ring (bicyclic) bond motifs is 1. The number of hydrogen-bond donors (Lipinski definition) is 1. The molecule has 5 aromatic rings.